The van der Waals surface area contributed by atoms with Crippen molar-refractivity contribution >= 4 is 9.84 Å². The Kier molecular flexibility index (Phi) is 4.01. The highest BCUT2D eigenvalue weighted by atomic mass is 32.2. The van der Waals surface area contributed by atoms with Crippen LogP contribution in [0.4, 0.5) is 0 Å². The largest absolute Gasteiger partial charge is 0.454 e. The summed E-state index contributed by atoms with van der Waals surface area (Å²) in [7, 11) is -2.97. The Balaban J connectivity index is 2.02. The van der Waals surface area contributed by atoms with Crippen molar-refractivity contribution in [3.05, 3.63) is 23.8 Å². The van der Waals surface area contributed by atoms with Crippen LogP contribution in [0, 0.1) is 0 Å². The maximum Gasteiger partial charge on any atom is 0.231 e. The van der Waals surface area contributed by atoms with Gasteiger partial charge in [0.1, 0.15) is 9.84 Å². The molecule has 1 aromatic carbocycles. The first-order valence-electron chi connectivity index (χ1n) is 6.18. The van der Waals surface area contributed by atoms with Gasteiger partial charge in [-0.15, -0.1) is 0 Å². The Hall–Kier alpha value is -1.27. The molecule has 1 aliphatic rings. The SMILES string of the molecule is CC(CS(C)(=O)=O)NC(C)c1ccc2c(c1)OCO2. The fourth-order valence-corrected chi connectivity index (χ4v) is 3.21. The lowest BCUT2D eigenvalue weighted by molar-refractivity contribution is 0.174. The molecular weight excluding hydrogens is 266 g/mol. The van der Waals surface area contributed by atoms with E-state index >= 15 is 0 Å². The number of fused-ring (bicyclic) bond motifs is 1. The number of ether oxygens (including phenoxy) is 2. The molecule has 0 aliphatic carbocycles. The molecule has 0 aromatic heterocycles. The second kappa shape index (κ2) is 5.38. The highest BCUT2D eigenvalue weighted by Gasteiger charge is 2.18. The number of sulfone groups is 1. The summed E-state index contributed by atoms with van der Waals surface area (Å²) in [4.78, 5) is 0. The van der Waals surface area contributed by atoms with Gasteiger partial charge in [-0.3, -0.25) is 0 Å². The van der Waals surface area contributed by atoms with E-state index in [-0.39, 0.29) is 24.6 Å². The van der Waals surface area contributed by atoms with Crippen LogP contribution in [0.3, 0.4) is 0 Å². The van der Waals surface area contributed by atoms with Gasteiger partial charge in [-0.25, -0.2) is 8.42 Å². The first kappa shape index (κ1) is 14.1. The topological polar surface area (TPSA) is 64.6 Å². The van der Waals surface area contributed by atoms with Gasteiger partial charge in [0.05, 0.1) is 5.75 Å². The molecule has 0 saturated carbocycles. The van der Waals surface area contributed by atoms with Crippen LogP contribution < -0.4 is 14.8 Å². The van der Waals surface area contributed by atoms with Crippen molar-refractivity contribution in [2.45, 2.75) is 25.9 Å². The van der Waals surface area contributed by atoms with Crippen LogP contribution in [0.2, 0.25) is 0 Å². The van der Waals surface area contributed by atoms with E-state index in [0.29, 0.717) is 0 Å². The van der Waals surface area contributed by atoms with Crippen molar-refractivity contribution in [2.24, 2.45) is 0 Å². The van der Waals surface area contributed by atoms with Crippen molar-refractivity contribution in [1.29, 1.82) is 0 Å². The van der Waals surface area contributed by atoms with Crippen LogP contribution in [-0.2, 0) is 9.84 Å². The zero-order chi connectivity index (χ0) is 14.0. The van der Waals surface area contributed by atoms with E-state index in [0.717, 1.165) is 17.1 Å². The molecule has 2 rings (SSSR count). The van der Waals surface area contributed by atoms with E-state index in [4.69, 9.17) is 9.47 Å². The van der Waals surface area contributed by atoms with Crippen molar-refractivity contribution in [2.75, 3.05) is 18.8 Å². The lowest BCUT2D eigenvalue weighted by Crippen LogP contribution is -2.34. The Morgan fingerprint density at radius 2 is 1.95 bits per heavy atom. The molecule has 5 nitrogen and oxygen atoms in total. The van der Waals surface area contributed by atoms with Gasteiger partial charge < -0.3 is 14.8 Å². The highest BCUT2D eigenvalue weighted by Crippen LogP contribution is 2.34. The third-order valence-corrected chi connectivity index (χ3v) is 4.09. The lowest BCUT2D eigenvalue weighted by atomic mass is 10.1. The van der Waals surface area contributed by atoms with Crippen LogP contribution in [0.1, 0.15) is 25.5 Å². The molecule has 106 valence electrons. The normalized spacial score (nSPS) is 17.2. The molecule has 0 bridgehead atoms. The molecule has 1 heterocycles. The van der Waals surface area contributed by atoms with E-state index < -0.39 is 9.84 Å². The quantitative estimate of drug-likeness (QED) is 0.888. The third-order valence-electron chi connectivity index (χ3n) is 2.98. The molecule has 0 amide bonds. The van der Waals surface area contributed by atoms with E-state index in [9.17, 15) is 8.42 Å². The third kappa shape index (κ3) is 3.84. The zero-order valence-corrected chi connectivity index (χ0v) is 12.2. The van der Waals surface area contributed by atoms with Crippen LogP contribution in [0.5, 0.6) is 11.5 Å². The fourth-order valence-electron chi connectivity index (χ4n) is 2.21. The summed E-state index contributed by atoms with van der Waals surface area (Å²) in [6, 6.07) is 5.70. The van der Waals surface area contributed by atoms with Crippen LogP contribution in [0.25, 0.3) is 0 Å². The molecule has 0 radical (unpaired) electrons. The average Bonchev–Trinajstić information content (AvgIpc) is 2.72. The summed E-state index contributed by atoms with van der Waals surface area (Å²) in [5, 5.41) is 3.27. The van der Waals surface area contributed by atoms with Crippen molar-refractivity contribution in [3.8, 4) is 11.5 Å². The number of hydrogen-bond donors (Lipinski definition) is 1. The molecule has 1 aliphatic heterocycles. The minimum absolute atomic E-state index is 0.0475. The molecule has 0 fully saturated rings. The molecule has 2 unspecified atom stereocenters. The summed E-state index contributed by atoms with van der Waals surface area (Å²) in [5.74, 6) is 1.61. The average molecular weight is 285 g/mol. The molecule has 2 atom stereocenters. The van der Waals surface area contributed by atoms with Crippen LogP contribution in [0.15, 0.2) is 18.2 Å². The van der Waals surface area contributed by atoms with E-state index in [1.54, 1.807) is 0 Å². The molecule has 1 N–H and O–H groups in total. The Morgan fingerprint density at radius 1 is 1.26 bits per heavy atom. The van der Waals surface area contributed by atoms with E-state index in [1.165, 1.54) is 6.26 Å². The number of hydrogen-bond acceptors (Lipinski definition) is 5. The minimum Gasteiger partial charge on any atom is -0.454 e. The van der Waals surface area contributed by atoms with Gasteiger partial charge in [0.15, 0.2) is 11.5 Å². The lowest BCUT2D eigenvalue weighted by Gasteiger charge is -2.20. The fraction of sp³-hybridized carbons (Fsp3) is 0.538. The van der Waals surface area contributed by atoms with Gasteiger partial charge in [0.2, 0.25) is 6.79 Å². The highest BCUT2D eigenvalue weighted by molar-refractivity contribution is 7.90. The Labute approximate surface area is 113 Å². The maximum atomic E-state index is 11.2. The van der Waals surface area contributed by atoms with Gasteiger partial charge in [-0.05, 0) is 31.5 Å². The summed E-state index contributed by atoms with van der Waals surface area (Å²) in [5.41, 5.74) is 1.05. The monoisotopic (exact) mass is 285 g/mol. The first-order valence-corrected chi connectivity index (χ1v) is 8.24. The molecule has 6 heteroatoms. The summed E-state index contributed by atoms with van der Waals surface area (Å²) in [6.07, 6.45) is 1.25. The van der Waals surface area contributed by atoms with Crippen LogP contribution >= 0.6 is 0 Å². The zero-order valence-electron chi connectivity index (χ0n) is 11.3. The molecule has 0 saturated heterocycles. The molecule has 0 spiro atoms. The first-order chi connectivity index (χ1) is 8.85. The van der Waals surface area contributed by atoms with Gasteiger partial charge >= 0.3 is 0 Å². The molecular formula is C13H19NO4S. The Morgan fingerprint density at radius 3 is 2.63 bits per heavy atom. The number of rotatable bonds is 5. The molecule has 1 aromatic rings. The predicted molar refractivity (Wildman–Crippen MR) is 73.3 cm³/mol. The predicted octanol–water partition coefficient (Wildman–Crippen LogP) is 1.50. The van der Waals surface area contributed by atoms with Crippen LogP contribution in [-0.4, -0.2) is 33.3 Å². The summed E-state index contributed by atoms with van der Waals surface area (Å²) in [6.45, 7) is 4.12. The van der Waals surface area contributed by atoms with E-state index in [1.807, 2.05) is 32.0 Å². The molecule has 19 heavy (non-hydrogen) atoms. The number of benzene rings is 1. The van der Waals surface area contributed by atoms with Gasteiger partial charge in [0, 0.05) is 18.3 Å². The smallest absolute Gasteiger partial charge is 0.231 e. The van der Waals surface area contributed by atoms with Crippen molar-refractivity contribution < 1.29 is 17.9 Å². The van der Waals surface area contributed by atoms with Gasteiger partial charge in [-0.2, -0.15) is 0 Å². The summed E-state index contributed by atoms with van der Waals surface area (Å²) < 4.78 is 33.1. The van der Waals surface area contributed by atoms with Gasteiger partial charge in [-0.1, -0.05) is 6.07 Å². The number of nitrogens with one attached hydrogen (secondary N) is 1. The summed E-state index contributed by atoms with van der Waals surface area (Å²) >= 11 is 0. The van der Waals surface area contributed by atoms with Gasteiger partial charge in [0.25, 0.3) is 0 Å². The van der Waals surface area contributed by atoms with Crippen molar-refractivity contribution in [1.82, 2.24) is 5.32 Å². The second-order valence-corrected chi connectivity index (χ2v) is 7.18. The minimum atomic E-state index is -2.97. The maximum absolute atomic E-state index is 11.2. The standard InChI is InChI=1S/C13H19NO4S/c1-9(7-19(3,15)16)14-10(2)11-4-5-12-13(6-11)18-8-17-12/h4-6,9-10,14H,7-8H2,1-3H3. The second-order valence-electron chi connectivity index (χ2n) is 4.99. The van der Waals surface area contributed by atoms with E-state index in [2.05, 4.69) is 5.32 Å². The van der Waals surface area contributed by atoms with Crippen molar-refractivity contribution in [3.63, 3.8) is 0 Å². The Bertz CT molecular complexity index is 556.